The fourth-order valence-corrected chi connectivity index (χ4v) is 4.98. The maximum Gasteiger partial charge on any atom is 0.145 e. The van der Waals surface area contributed by atoms with Crippen LogP contribution in [0.25, 0.3) is 55.2 Å². The van der Waals surface area contributed by atoms with Crippen molar-refractivity contribution in [2.75, 3.05) is 21.2 Å². The molecular weight excluding hydrogens is 471 g/mol. The molecule has 0 saturated carbocycles. The van der Waals surface area contributed by atoms with Gasteiger partial charge in [0.05, 0.1) is 41.5 Å². The van der Waals surface area contributed by atoms with Crippen LogP contribution in [0.1, 0.15) is 17.3 Å². The van der Waals surface area contributed by atoms with Crippen LogP contribution < -0.4 is 4.74 Å². The zero-order valence-corrected chi connectivity index (χ0v) is 21.2. The second-order valence-corrected chi connectivity index (χ2v) is 9.39. The standard InChI is InChI=1S/C28H25FN6O2/c1-14-25(15(2)37-34-14)20-11-22-19(12-23(20)36-5)26-27(32-24(13-35(3)4)33-28(26)31-22)17-8-9-30-21-7-6-16(29)10-18(17)21/h6-12H,13H2,1-5H3,(H,31,32,33). The molecule has 0 unspecified atom stereocenters. The minimum absolute atomic E-state index is 0.328. The molecule has 0 aliphatic heterocycles. The van der Waals surface area contributed by atoms with Gasteiger partial charge in [-0.1, -0.05) is 5.16 Å². The van der Waals surface area contributed by atoms with E-state index < -0.39 is 0 Å². The molecule has 4 aromatic heterocycles. The summed E-state index contributed by atoms with van der Waals surface area (Å²) in [5.41, 5.74) is 6.29. The number of halogens is 1. The topological polar surface area (TPSA) is 93.0 Å². The van der Waals surface area contributed by atoms with Crippen LogP contribution >= 0.6 is 0 Å². The highest BCUT2D eigenvalue weighted by Crippen LogP contribution is 2.42. The van der Waals surface area contributed by atoms with Crippen LogP contribution in [0, 0.1) is 19.7 Å². The molecule has 186 valence electrons. The van der Waals surface area contributed by atoms with Crippen molar-refractivity contribution in [2.24, 2.45) is 0 Å². The molecule has 0 saturated heterocycles. The van der Waals surface area contributed by atoms with Gasteiger partial charge in [-0.2, -0.15) is 0 Å². The van der Waals surface area contributed by atoms with Crippen molar-refractivity contribution in [1.82, 2.24) is 30.0 Å². The van der Waals surface area contributed by atoms with Crippen molar-refractivity contribution in [2.45, 2.75) is 20.4 Å². The van der Waals surface area contributed by atoms with E-state index in [9.17, 15) is 4.39 Å². The molecule has 0 spiro atoms. The number of aryl methyl sites for hydroxylation is 2. The third-order valence-electron chi connectivity index (χ3n) is 6.54. The third kappa shape index (κ3) is 3.79. The molecule has 8 nitrogen and oxygen atoms in total. The van der Waals surface area contributed by atoms with Crippen molar-refractivity contribution < 1.29 is 13.7 Å². The summed E-state index contributed by atoms with van der Waals surface area (Å²) in [5, 5.41) is 6.53. The summed E-state index contributed by atoms with van der Waals surface area (Å²) in [4.78, 5) is 19.8. The zero-order valence-electron chi connectivity index (χ0n) is 21.2. The number of aromatic amines is 1. The monoisotopic (exact) mass is 496 g/mol. The lowest BCUT2D eigenvalue weighted by Gasteiger charge is -2.12. The molecule has 6 aromatic rings. The second-order valence-electron chi connectivity index (χ2n) is 9.39. The molecule has 1 N–H and O–H groups in total. The largest absolute Gasteiger partial charge is 0.496 e. The molecule has 0 radical (unpaired) electrons. The summed E-state index contributed by atoms with van der Waals surface area (Å²) in [5.74, 6) is 1.71. The first kappa shape index (κ1) is 23.1. The predicted octanol–water partition coefficient (Wildman–Crippen LogP) is 5.81. The molecule has 0 aliphatic carbocycles. The molecule has 37 heavy (non-hydrogen) atoms. The van der Waals surface area contributed by atoms with Crippen LogP contribution in [0.2, 0.25) is 0 Å². The van der Waals surface area contributed by atoms with E-state index in [-0.39, 0.29) is 5.82 Å². The van der Waals surface area contributed by atoms with Gasteiger partial charge >= 0.3 is 0 Å². The van der Waals surface area contributed by atoms with Crippen molar-refractivity contribution in [3.8, 4) is 28.1 Å². The van der Waals surface area contributed by atoms with Gasteiger partial charge in [0.2, 0.25) is 0 Å². The van der Waals surface area contributed by atoms with Gasteiger partial charge in [0.1, 0.15) is 28.8 Å². The lowest BCUT2D eigenvalue weighted by molar-refractivity contribution is 0.391. The first-order valence-corrected chi connectivity index (χ1v) is 11.9. The maximum absolute atomic E-state index is 14.3. The normalized spacial score (nSPS) is 11.9. The van der Waals surface area contributed by atoms with E-state index in [0.29, 0.717) is 46.1 Å². The maximum atomic E-state index is 14.3. The molecule has 0 atom stereocenters. The van der Waals surface area contributed by atoms with Gasteiger partial charge in [0.25, 0.3) is 0 Å². The van der Waals surface area contributed by atoms with Gasteiger partial charge in [0.15, 0.2) is 0 Å². The van der Waals surface area contributed by atoms with Gasteiger partial charge in [-0.15, -0.1) is 0 Å². The van der Waals surface area contributed by atoms with Crippen LogP contribution in [0.5, 0.6) is 5.75 Å². The summed E-state index contributed by atoms with van der Waals surface area (Å²) in [6.07, 6.45) is 1.72. The highest BCUT2D eigenvalue weighted by atomic mass is 19.1. The number of nitrogens with one attached hydrogen (secondary N) is 1. The first-order chi connectivity index (χ1) is 17.8. The van der Waals surface area contributed by atoms with E-state index in [1.54, 1.807) is 19.4 Å². The number of rotatable bonds is 5. The lowest BCUT2D eigenvalue weighted by atomic mass is 9.99. The number of benzene rings is 2. The minimum atomic E-state index is -0.328. The van der Waals surface area contributed by atoms with E-state index in [2.05, 4.69) is 15.1 Å². The predicted molar refractivity (Wildman–Crippen MR) is 141 cm³/mol. The Morgan fingerprint density at radius 1 is 1.03 bits per heavy atom. The smallest absolute Gasteiger partial charge is 0.145 e. The van der Waals surface area contributed by atoms with Gasteiger partial charge < -0.3 is 19.1 Å². The number of nitrogens with zero attached hydrogens (tertiary/aromatic N) is 5. The van der Waals surface area contributed by atoms with Crippen molar-refractivity contribution in [3.63, 3.8) is 0 Å². The van der Waals surface area contributed by atoms with Gasteiger partial charge in [0, 0.05) is 33.6 Å². The van der Waals surface area contributed by atoms with Gasteiger partial charge in [-0.3, -0.25) is 4.98 Å². The highest BCUT2D eigenvalue weighted by molar-refractivity contribution is 6.15. The van der Waals surface area contributed by atoms with Crippen molar-refractivity contribution >= 4 is 32.8 Å². The fraction of sp³-hybridized carbons (Fsp3) is 0.214. The molecule has 0 fully saturated rings. The zero-order chi connectivity index (χ0) is 25.8. The molecule has 0 aliphatic rings. The number of hydrogen-bond acceptors (Lipinski definition) is 7. The average molecular weight is 497 g/mol. The van der Waals surface area contributed by atoms with E-state index in [0.717, 1.165) is 38.7 Å². The van der Waals surface area contributed by atoms with E-state index in [1.807, 2.05) is 51.0 Å². The first-order valence-electron chi connectivity index (χ1n) is 11.9. The number of hydrogen-bond donors (Lipinski definition) is 1. The number of H-pyrrole nitrogens is 1. The Balaban J connectivity index is 1.71. The Morgan fingerprint density at radius 3 is 2.59 bits per heavy atom. The van der Waals surface area contributed by atoms with Crippen LogP contribution in [0.15, 0.2) is 47.1 Å². The molecule has 0 amide bonds. The molecular formula is C28H25FN6O2. The summed E-state index contributed by atoms with van der Waals surface area (Å²) >= 11 is 0. The Morgan fingerprint density at radius 2 is 1.86 bits per heavy atom. The van der Waals surface area contributed by atoms with E-state index in [4.69, 9.17) is 19.2 Å². The number of methoxy groups -OCH3 is 1. The Hall–Kier alpha value is -4.37. The molecule has 4 heterocycles. The van der Waals surface area contributed by atoms with Gasteiger partial charge in [-0.25, -0.2) is 14.4 Å². The quantitative estimate of drug-likeness (QED) is 0.322. The Kier molecular flexibility index (Phi) is 5.38. The van der Waals surface area contributed by atoms with Crippen LogP contribution in [0.4, 0.5) is 4.39 Å². The summed E-state index contributed by atoms with van der Waals surface area (Å²) in [6, 6.07) is 10.5. The van der Waals surface area contributed by atoms with Crippen molar-refractivity contribution in [3.05, 3.63) is 65.7 Å². The molecule has 6 rings (SSSR count). The van der Waals surface area contributed by atoms with E-state index >= 15 is 0 Å². The van der Waals surface area contributed by atoms with Crippen LogP contribution in [0.3, 0.4) is 0 Å². The van der Waals surface area contributed by atoms with Gasteiger partial charge in [-0.05, 0) is 64.3 Å². The Labute approximate surface area is 212 Å². The molecule has 2 aromatic carbocycles. The van der Waals surface area contributed by atoms with Crippen LogP contribution in [-0.2, 0) is 6.54 Å². The second kappa shape index (κ2) is 8.63. The number of pyridine rings is 1. The third-order valence-corrected chi connectivity index (χ3v) is 6.54. The summed E-state index contributed by atoms with van der Waals surface area (Å²) in [7, 11) is 5.58. The molecule has 0 bridgehead atoms. The fourth-order valence-electron chi connectivity index (χ4n) is 4.98. The van der Waals surface area contributed by atoms with Crippen LogP contribution in [-0.4, -0.2) is 51.2 Å². The number of fused-ring (bicyclic) bond motifs is 4. The summed E-state index contributed by atoms with van der Waals surface area (Å²) < 4.78 is 25.6. The number of ether oxygens (including phenoxy) is 1. The summed E-state index contributed by atoms with van der Waals surface area (Å²) in [6.45, 7) is 4.34. The SMILES string of the molecule is COc1cc2c(cc1-c1c(C)noc1C)[nH]c1nc(CN(C)C)nc(-c3ccnc4ccc(F)cc34)c12. The van der Waals surface area contributed by atoms with Crippen molar-refractivity contribution in [1.29, 1.82) is 0 Å². The molecule has 9 heteroatoms. The minimum Gasteiger partial charge on any atom is -0.496 e. The number of aromatic nitrogens is 5. The average Bonchev–Trinajstić information content (AvgIpc) is 3.39. The van der Waals surface area contributed by atoms with E-state index in [1.165, 1.54) is 12.1 Å². The highest BCUT2D eigenvalue weighted by Gasteiger charge is 2.22. The Bertz CT molecular complexity index is 1800. The lowest BCUT2D eigenvalue weighted by Crippen LogP contribution is -2.13.